The molecule has 1 fully saturated rings. The van der Waals surface area contributed by atoms with Crippen LogP contribution in [0.2, 0.25) is 0 Å². The highest BCUT2D eigenvalue weighted by atomic mass is 32.2. The molecule has 0 spiro atoms. The fourth-order valence-corrected chi connectivity index (χ4v) is 5.26. The van der Waals surface area contributed by atoms with Crippen LogP contribution in [0.4, 0.5) is 0 Å². The van der Waals surface area contributed by atoms with Crippen LogP contribution in [0, 0.1) is 13.8 Å². The third-order valence-electron chi connectivity index (χ3n) is 5.01. The van der Waals surface area contributed by atoms with Crippen LogP contribution in [0.25, 0.3) is 0 Å². The predicted octanol–water partition coefficient (Wildman–Crippen LogP) is 1.27. The molecule has 0 bridgehead atoms. The standard InChI is InChI=1S/C20H28N4O4S/c1-16-20(29(26,27)23-12-14-28-15-13-23)17(2)24(22-16)11-9-19(25)21-10-8-18-6-4-3-5-7-18/h3-7H,8-15H2,1-2H3,(H,21,25). The highest BCUT2D eigenvalue weighted by Gasteiger charge is 2.32. The van der Waals surface area contributed by atoms with Crippen molar-refractivity contribution in [1.29, 1.82) is 0 Å². The zero-order chi connectivity index (χ0) is 20.9. The molecule has 0 unspecified atom stereocenters. The van der Waals surface area contributed by atoms with Gasteiger partial charge in [-0.2, -0.15) is 9.40 Å². The van der Waals surface area contributed by atoms with Gasteiger partial charge < -0.3 is 10.1 Å². The first kappa shape index (κ1) is 21.5. The Kier molecular flexibility index (Phi) is 7.05. The van der Waals surface area contributed by atoms with Crippen molar-refractivity contribution in [2.45, 2.75) is 38.1 Å². The second kappa shape index (κ2) is 9.51. The van der Waals surface area contributed by atoms with Crippen molar-refractivity contribution < 1.29 is 17.9 Å². The lowest BCUT2D eigenvalue weighted by atomic mass is 10.1. The number of benzene rings is 1. The maximum Gasteiger partial charge on any atom is 0.246 e. The van der Waals surface area contributed by atoms with E-state index in [2.05, 4.69) is 10.4 Å². The summed E-state index contributed by atoms with van der Waals surface area (Å²) in [5.41, 5.74) is 2.19. The van der Waals surface area contributed by atoms with E-state index in [1.165, 1.54) is 9.87 Å². The molecule has 1 aromatic heterocycles. The Morgan fingerprint density at radius 2 is 1.86 bits per heavy atom. The molecule has 3 rings (SSSR count). The van der Waals surface area contributed by atoms with E-state index in [1.54, 1.807) is 18.5 Å². The number of aromatic nitrogens is 2. The van der Waals surface area contributed by atoms with Gasteiger partial charge >= 0.3 is 0 Å². The molecule has 0 radical (unpaired) electrons. The first-order chi connectivity index (χ1) is 13.9. The molecule has 29 heavy (non-hydrogen) atoms. The van der Waals surface area contributed by atoms with Crippen LogP contribution in [-0.2, 0) is 32.5 Å². The van der Waals surface area contributed by atoms with Crippen LogP contribution in [0.1, 0.15) is 23.4 Å². The lowest BCUT2D eigenvalue weighted by Gasteiger charge is -2.26. The summed E-state index contributed by atoms with van der Waals surface area (Å²) in [5.74, 6) is -0.0777. The predicted molar refractivity (Wildman–Crippen MR) is 109 cm³/mol. The van der Waals surface area contributed by atoms with Crippen molar-refractivity contribution in [2.75, 3.05) is 32.8 Å². The smallest absolute Gasteiger partial charge is 0.246 e. The number of hydrogen-bond acceptors (Lipinski definition) is 5. The second-order valence-electron chi connectivity index (χ2n) is 7.08. The summed E-state index contributed by atoms with van der Waals surface area (Å²) in [4.78, 5) is 12.4. The normalized spacial score (nSPS) is 15.4. The van der Waals surface area contributed by atoms with Crippen LogP contribution in [0.15, 0.2) is 35.2 Å². The number of carbonyl (C=O) groups excluding carboxylic acids is 1. The van der Waals surface area contributed by atoms with E-state index in [9.17, 15) is 13.2 Å². The van der Waals surface area contributed by atoms with Crippen LogP contribution >= 0.6 is 0 Å². The summed E-state index contributed by atoms with van der Waals surface area (Å²) in [6, 6.07) is 9.96. The molecule has 0 saturated carbocycles. The van der Waals surface area contributed by atoms with Gasteiger partial charge in [-0.3, -0.25) is 9.48 Å². The SMILES string of the molecule is Cc1nn(CCC(=O)NCCc2ccccc2)c(C)c1S(=O)(=O)N1CCOCC1. The number of nitrogens with one attached hydrogen (secondary N) is 1. The number of ether oxygens (including phenoxy) is 1. The van der Waals surface area contributed by atoms with E-state index in [0.29, 0.717) is 50.8 Å². The first-order valence-electron chi connectivity index (χ1n) is 9.82. The number of sulfonamides is 1. The minimum atomic E-state index is -3.62. The first-order valence-corrected chi connectivity index (χ1v) is 11.3. The quantitative estimate of drug-likeness (QED) is 0.694. The van der Waals surface area contributed by atoms with E-state index in [1.807, 2.05) is 30.3 Å². The molecule has 1 N–H and O–H groups in total. The average Bonchev–Trinajstić information content (AvgIpc) is 3.01. The molecule has 1 saturated heterocycles. The molecule has 158 valence electrons. The van der Waals surface area contributed by atoms with Gasteiger partial charge in [-0.25, -0.2) is 8.42 Å². The van der Waals surface area contributed by atoms with Crippen LogP contribution < -0.4 is 5.32 Å². The van der Waals surface area contributed by atoms with E-state index in [4.69, 9.17) is 4.74 Å². The van der Waals surface area contributed by atoms with E-state index < -0.39 is 10.0 Å². The van der Waals surface area contributed by atoms with Gasteiger partial charge in [0.2, 0.25) is 15.9 Å². The largest absolute Gasteiger partial charge is 0.379 e. The number of carbonyl (C=O) groups is 1. The molecule has 0 atom stereocenters. The Labute approximate surface area is 171 Å². The minimum absolute atomic E-state index is 0.0777. The summed E-state index contributed by atoms with van der Waals surface area (Å²) in [7, 11) is -3.62. The van der Waals surface area contributed by atoms with E-state index in [0.717, 1.165) is 6.42 Å². The summed E-state index contributed by atoms with van der Waals surface area (Å²) < 4.78 is 34.3. The molecular weight excluding hydrogens is 392 g/mol. The zero-order valence-corrected chi connectivity index (χ0v) is 17.7. The Bertz CT molecular complexity index is 935. The summed E-state index contributed by atoms with van der Waals surface area (Å²) in [6.07, 6.45) is 1.02. The van der Waals surface area contributed by atoms with Gasteiger partial charge in [-0.15, -0.1) is 0 Å². The molecule has 2 aromatic rings. The third-order valence-corrected chi connectivity index (χ3v) is 7.16. The Balaban J connectivity index is 1.57. The van der Waals surface area contributed by atoms with Gasteiger partial charge in [0, 0.05) is 26.1 Å². The summed E-state index contributed by atoms with van der Waals surface area (Å²) in [5, 5.41) is 7.27. The maximum atomic E-state index is 13.0. The molecule has 8 nitrogen and oxygen atoms in total. The van der Waals surface area contributed by atoms with Gasteiger partial charge in [0.05, 0.1) is 31.1 Å². The number of amides is 1. The fourth-order valence-electron chi connectivity index (χ4n) is 3.47. The lowest BCUT2D eigenvalue weighted by Crippen LogP contribution is -2.41. The van der Waals surface area contributed by atoms with Gasteiger partial charge in [0.25, 0.3) is 0 Å². The number of rotatable bonds is 8. The van der Waals surface area contributed by atoms with Gasteiger partial charge in [-0.05, 0) is 25.8 Å². The Morgan fingerprint density at radius 3 is 2.55 bits per heavy atom. The molecule has 2 heterocycles. The Hall–Kier alpha value is -2.23. The number of morpholine rings is 1. The Morgan fingerprint density at radius 1 is 1.17 bits per heavy atom. The van der Waals surface area contributed by atoms with Crippen LogP contribution in [0.3, 0.4) is 0 Å². The molecule has 1 amide bonds. The third kappa shape index (κ3) is 5.23. The highest BCUT2D eigenvalue weighted by molar-refractivity contribution is 7.89. The zero-order valence-electron chi connectivity index (χ0n) is 16.9. The van der Waals surface area contributed by atoms with Crippen molar-refractivity contribution >= 4 is 15.9 Å². The fraction of sp³-hybridized carbons (Fsp3) is 0.500. The molecule has 1 aromatic carbocycles. The topological polar surface area (TPSA) is 93.5 Å². The molecule has 9 heteroatoms. The average molecular weight is 421 g/mol. The van der Waals surface area contributed by atoms with Gasteiger partial charge in [-0.1, -0.05) is 30.3 Å². The molecule has 1 aliphatic heterocycles. The van der Waals surface area contributed by atoms with Crippen molar-refractivity contribution in [3.05, 3.63) is 47.3 Å². The maximum absolute atomic E-state index is 13.0. The summed E-state index contributed by atoms with van der Waals surface area (Å²) in [6.45, 7) is 5.81. The molecule has 0 aliphatic carbocycles. The molecular formula is C20H28N4O4S. The van der Waals surface area contributed by atoms with Crippen LogP contribution in [0.5, 0.6) is 0 Å². The second-order valence-corrected chi connectivity index (χ2v) is 8.95. The van der Waals surface area contributed by atoms with Crippen molar-refractivity contribution in [1.82, 2.24) is 19.4 Å². The highest BCUT2D eigenvalue weighted by Crippen LogP contribution is 2.24. The monoisotopic (exact) mass is 420 g/mol. The number of aryl methyl sites for hydroxylation is 2. The summed E-state index contributed by atoms with van der Waals surface area (Å²) >= 11 is 0. The number of hydrogen-bond donors (Lipinski definition) is 1. The van der Waals surface area contributed by atoms with Gasteiger partial charge in [0.15, 0.2) is 0 Å². The van der Waals surface area contributed by atoms with Crippen molar-refractivity contribution in [2.24, 2.45) is 0 Å². The van der Waals surface area contributed by atoms with E-state index in [-0.39, 0.29) is 17.2 Å². The van der Waals surface area contributed by atoms with Crippen molar-refractivity contribution in [3.8, 4) is 0 Å². The lowest BCUT2D eigenvalue weighted by molar-refractivity contribution is -0.121. The van der Waals surface area contributed by atoms with Gasteiger partial charge in [0.1, 0.15) is 4.90 Å². The minimum Gasteiger partial charge on any atom is -0.379 e. The number of nitrogens with zero attached hydrogens (tertiary/aromatic N) is 3. The molecule has 1 aliphatic rings. The van der Waals surface area contributed by atoms with Crippen LogP contribution in [-0.4, -0.2) is 61.3 Å². The van der Waals surface area contributed by atoms with E-state index >= 15 is 0 Å². The van der Waals surface area contributed by atoms with Crippen molar-refractivity contribution in [3.63, 3.8) is 0 Å².